The number of rotatable bonds is 8. The molecule has 0 spiro atoms. The van der Waals surface area contributed by atoms with E-state index in [1.807, 2.05) is 18.2 Å². The first-order chi connectivity index (χ1) is 10.6. The zero-order chi connectivity index (χ0) is 15.9. The predicted molar refractivity (Wildman–Crippen MR) is 90.4 cm³/mol. The predicted octanol–water partition coefficient (Wildman–Crippen LogP) is -2.68. The number of halogens is 4. The third-order valence-electron chi connectivity index (χ3n) is 3.08. The van der Waals surface area contributed by atoms with Crippen molar-refractivity contribution in [2.75, 3.05) is 19.6 Å². The van der Waals surface area contributed by atoms with Crippen LogP contribution in [-0.4, -0.2) is 30.8 Å². The van der Waals surface area contributed by atoms with E-state index in [1.165, 1.54) is 0 Å². The van der Waals surface area contributed by atoms with E-state index < -0.39 is 0 Å². The van der Waals surface area contributed by atoms with Crippen LogP contribution >= 0.6 is 23.2 Å². The van der Waals surface area contributed by atoms with Crippen molar-refractivity contribution in [3.05, 3.63) is 46.1 Å². The molecule has 1 aromatic carbocycles. The molecule has 0 radical (unpaired) electrons. The molecular formula is C16H20Cl4N2O2-2. The Morgan fingerprint density at radius 2 is 1.79 bits per heavy atom. The van der Waals surface area contributed by atoms with Crippen LogP contribution in [0.3, 0.4) is 0 Å². The van der Waals surface area contributed by atoms with Gasteiger partial charge in [0.2, 0.25) is 0 Å². The van der Waals surface area contributed by atoms with E-state index in [0.717, 1.165) is 30.2 Å². The lowest BCUT2D eigenvalue weighted by atomic mass is 10.2. The number of aliphatic hydroxyl groups excluding tert-OH is 1. The van der Waals surface area contributed by atoms with Gasteiger partial charge < -0.3 is 45.0 Å². The van der Waals surface area contributed by atoms with Crippen LogP contribution in [0.5, 0.6) is 0 Å². The summed E-state index contributed by atoms with van der Waals surface area (Å²) in [4.78, 5) is 0. The molecule has 0 saturated heterocycles. The van der Waals surface area contributed by atoms with Gasteiger partial charge in [0.15, 0.2) is 0 Å². The van der Waals surface area contributed by atoms with Crippen LogP contribution in [0.2, 0.25) is 10.0 Å². The number of furan rings is 1. The molecule has 0 aliphatic rings. The summed E-state index contributed by atoms with van der Waals surface area (Å²) < 4.78 is 5.78. The van der Waals surface area contributed by atoms with E-state index in [1.54, 1.807) is 19.1 Å². The average Bonchev–Trinajstić information content (AvgIpc) is 2.91. The molecule has 24 heavy (non-hydrogen) atoms. The van der Waals surface area contributed by atoms with Crippen molar-refractivity contribution in [1.82, 2.24) is 10.6 Å². The van der Waals surface area contributed by atoms with Gasteiger partial charge in [-0.2, -0.15) is 0 Å². The largest absolute Gasteiger partial charge is 1.00 e. The summed E-state index contributed by atoms with van der Waals surface area (Å²) in [6.07, 6.45) is -0.322. The molecular weight excluding hydrogens is 394 g/mol. The van der Waals surface area contributed by atoms with Gasteiger partial charge in [0.1, 0.15) is 11.5 Å². The Bertz CT molecular complexity index is 606. The molecule has 0 fully saturated rings. The minimum absolute atomic E-state index is 0. The summed E-state index contributed by atoms with van der Waals surface area (Å²) in [6.45, 7) is 4.59. The Kier molecular flexibility index (Phi) is 11.8. The van der Waals surface area contributed by atoms with Gasteiger partial charge in [-0.1, -0.05) is 23.2 Å². The molecule has 4 nitrogen and oxygen atoms in total. The molecule has 1 aromatic heterocycles. The van der Waals surface area contributed by atoms with Gasteiger partial charge in [-0.3, -0.25) is 0 Å². The smallest absolute Gasteiger partial charge is 0.135 e. The van der Waals surface area contributed by atoms with Crippen molar-refractivity contribution < 1.29 is 34.3 Å². The summed E-state index contributed by atoms with van der Waals surface area (Å²) in [7, 11) is 0. The van der Waals surface area contributed by atoms with Crippen molar-refractivity contribution in [2.24, 2.45) is 0 Å². The highest BCUT2D eigenvalue weighted by molar-refractivity contribution is 6.36. The Morgan fingerprint density at radius 1 is 1.08 bits per heavy atom. The van der Waals surface area contributed by atoms with Gasteiger partial charge >= 0.3 is 0 Å². The Morgan fingerprint density at radius 3 is 2.46 bits per heavy atom. The maximum Gasteiger partial charge on any atom is 0.135 e. The number of benzene rings is 1. The van der Waals surface area contributed by atoms with Crippen LogP contribution in [0.4, 0.5) is 0 Å². The maximum absolute atomic E-state index is 9.12. The molecule has 0 amide bonds. The third kappa shape index (κ3) is 7.62. The molecule has 3 N–H and O–H groups in total. The van der Waals surface area contributed by atoms with Crippen molar-refractivity contribution in [3.8, 4) is 11.3 Å². The highest BCUT2D eigenvalue weighted by Gasteiger charge is 2.09. The van der Waals surface area contributed by atoms with Crippen LogP contribution in [-0.2, 0) is 6.54 Å². The fourth-order valence-corrected chi connectivity index (χ4v) is 2.51. The molecule has 0 bridgehead atoms. The van der Waals surface area contributed by atoms with Crippen molar-refractivity contribution in [3.63, 3.8) is 0 Å². The van der Waals surface area contributed by atoms with Gasteiger partial charge in [-0.05, 0) is 37.3 Å². The summed E-state index contributed by atoms with van der Waals surface area (Å²) >= 11 is 12.1. The van der Waals surface area contributed by atoms with E-state index in [9.17, 15) is 0 Å². The van der Waals surface area contributed by atoms with E-state index in [-0.39, 0.29) is 30.9 Å². The number of hydrogen-bond acceptors (Lipinski definition) is 4. The fourth-order valence-electron chi connectivity index (χ4n) is 2.01. The second kappa shape index (κ2) is 12.0. The van der Waals surface area contributed by atoms with Gasteiger partial charge in [-0.25, -0.2) is 0 Å². The van der Waals surface area contributed by atoms with E-state index >= 15 is 0 Å². The Labute approximate surface area is 164 Å². The van der Waals surface area contributed by atoms with Crippen molar-refractivity contribution in [1.29, 1.82) is 0 Å². The quantitative estimate of drug-likeness (QED) is 0.413. The zero-order valence-electron chi connectivity index (χ0n) is 13.2. The Balaban J connectivity index is 0.00000264. The second-order valence-corrected chi connectivity index (χ2v) is 5.96. The number of aliphatic hydroxyl groups is 1. The van der Waals surface area contributed by atoms with Crippen LogP contribution in [0, 0.1) is 0 Å². The minimum Gasteiger partial charge on any atom is -1.00 e. The Hall–Kier alpha value is -0.460. The topological polar surface area (TPSA) is 57.4 Å². The lowest BCUT2D eigenvalue weighted by molar-refractivity contribution is -0.00100. The van der Waals surface area contributed by atoms with Crippen molar-refractivity contribution in [2.45, 2.75) is 19.6 Å². The first-order valence-corrected chi connectivity index (χ1v) is 7.95. The SMILES string of the molecule is CC(O)CNCCNCc1ccc(-c2ccc(Cl)cc2Cl)o1.[Cl-].[Cl-]. The summed E-state index contributed by atoms with van der Waals surface area (Å²) in [5, 5.41) is 16.7. The number of nitrogens with one attached hydrogen (secondary N) is 2. The lowest BCUT2D eigenvalue weighted by Gasteiger charge is -2.07. The van der Waals surface area contributed by atoms with Gasteiger partial charge in [-0.15, -0.1) is 0 Å². The summed E-state index contributed by atoms with van der Waals surface area (Å²) in [6, 6.07) is 9.17. The van der Waals surface area contributed by atoms with Gasteiger partial charge in [0, 0.05) is 30.2 Å². The monoisotopic (exact) mass is 412 g/mol. The minimum atomic E-state index is -0.322. The lowest BCUT2D eigenvalue weighted by Crippen LogP contribution is -3.00. The third-order valence-corrected chi connectivity index (χ3v) is 3.62. The fraction of sp³-hybridized carbons (Fsp3) is 0.375. The second-order valence-electron chi connectivity index (χ2n) is 5.12. The molecule has 2 aromatic rings. The van der Waals surface area contributed by atoms with E-state index in [0.29, 0.717) is 23.1 Å². The molecule has 8 heteroatoms. The first-order valence-electron chi connectivity index (χ1n) is 7.20. The average molecular weight is 414 g/mol. The van der Waals surface area contributed by atoms with Gasteiger partial charge in [0.05, 0.1) is 17.7 Å². The normalized spacial score (nSPS) is 11.5. The zero-order valence-corrected chi connectivity index (χ0v) is 16.2. The van der Waals surface area contributed by atoms with E-state index in [4.69, 9.17) is 32.7 Å². The van der Waals surface area contributed by atoms with E-state index in [2.05, 4.69) is 10.6 Å². The molecule has 1 heterocycles. The summed E-state index contributed by atoms with van der Waals surface area (Å²) in [5.74, 6) is 1.57. The maximum atomic E-state index is 9.12. The van der Waals surface area contributed by atoms with Gasteiger partial charge in [0.25, 0.3) is 0 Å². The molecule has 1 atom stereocenters. The van der Waals surface area contributed by atoms with Crippen molar-refractivity contribution >= 4 is 23.2 Å². The highest BCUT2D eigenvalue weighted by atomic mass is 35.5. The molecule has 0 aliphatic carbocycles. The molecule has 136 valence electrons. The molecule has 2 rings (SSSR count). The summed E-state index contributed by atoms with van der Waals surface area (Å²) in [5.41, 5.74) is 0.830. The van der Waals surface area contributed by atoms with Crippen LogP contribution in [0.15, 0.2) is 34.7 Å². The van der Waals surface area contributed by atoms with Crippen LogP contribution in [0.1, 0.15) is 12.7 Å². The highest BCUT2D eigenvalue weighted by Crippen LogP contribution is 2.31. The van der Waals surface area contributed by atoms with Crippen LogP contribution in [0.25, 0.3) is 11.3 Å². The standard InChI is InChI=1S/C16H20Cl2N2O2.2ClH/c1-11(21)9-19-6-7-20-10-13-3-5-16(22-13)14-4-2-12(17)8-15(14)18;;/h2-5,8,11,19-21H,6-7,9-10H2,1H3;2*1H/p-2. The number of hydrogen-bond donors (Lipinski definition) is 3. The van der Waals surface area contributed by atoms with Crippen LogP contribution < -0.4 is 35.4 Å². The molecule has 0 saturated carbocycles. The molecule has 0 aliphatic heterocycles. The first kappa shape index (κ1) is 23.5. The molecule has 1 unspecified atom stereocenters.